The van der Waals surface area contributed by atoms with Gasteiger partial charge in [0.15, 0.2) is 5.60 Å². The summed E-state index contributed by atoms with van der Waals surface area (Å²) in [4.78, 5) is 25.4. The lowest BCUT2D eigenvalue weighted by molar-refractivity contribution is -0.259. The van der Waals surface area contributed by atoms with Crippen LogP contribution >= 0.6 is 0 Å². The molecule has 0 saturated carbocycles. The van der Waals surface area contributed by atoms with Crippen molar-refractivity contribution in [2.75, 3.05) is 29.9 Å². The molecule has 1 fully saturated rings. The largest absolute Gasteiger partial charge is 0.444 e. The predicted molar refractivity (Wildman–Crippen MR) is 135 cm³/mol. The summed E-state index contributed by atoms with van der Waals surface area (Å²) in [6.07, 6.45) is -2.78. The summed E-state index contributed by atoms with van der Waals surface area (Å²) in [5.41, 5.74) is -4.38. The van der Waals surface area contributed by atoms with Crippen molar-refractivity contribution in [1.82, 2.24) is 19.3 Å². The Morgan fingerprint density at radius 1 is 1.10 bits per heavy atom. The topological polar surface area (TPSA) is 138 Å². The van der Waals surface area contributed by atoms with Gasteiger partial charge >= 0.3 is 12.3 Å². The number of aliphatic hydroxyl groups is 1. The summed E-state index contributed by atoms with van der Waals surface area (Å²) in [7, 11) is -4.00. The fourth-order valence-corrected chi connectivity index (χ4v) is 4.94. The maximum Gasteiger partial charge on any atom is 0.421 e. The van der Waals surface area contributed by atoms with Crippen LogP contribution in [0.4, 0.5) is 29.7 Å². The van der Waals surface area contributed by atoms with E-state index in [1.165, 1.54) is 16.4 Å². The van der Waals surface area contributed by atoms with E-state index in [1.54, 1.807) is 32.6 Å². The monoisotopic (exact) mass is 570 g/mol. The predicted octanol–water partition coefficient (Wildman–Crippen LogP) is 2.89. The minimum atomic E-state index is -4.92. The second-order valence-corrected chi connectivity index (χ2v) is 11.8. The maximum absolute atomic E-state index is 13.3. The highest BCUT2D eigenvalue weighted by Crippen LogP contribution is 2.38. The fraction of sp³-hybridized carbons (Fsp3) is 0.500. The molecule has 212 valence electrons. The van der Waals surface area contributed by atoms with E-state index in [0.717, 1.165) is 18.6 Å². The number of nitrogens with zero attached hydrogens (tertiary/aromatic N) is 5. The number of amides is 1. The lowest BCUT2D eigenvalue weighted by Gasteiger charge is -2.38. The van der Waals surface area contributed by atoms with Gasteiger partial charge in [-0.2, -0.15) is 17.5 Å². The van der Waals surface area contributed by atoms with Crippen molar-refractivity contribution in [2.45, 2.75) is 62.9 Å². The average Bonchev–Trinajstić information content (AvgIpc) is 2.83. The second kappa shape index (κ2) is 10.9. The van der Waals surface area contributed by atoms with Crippen LogP contribution < -0.4 is 10.2 Å². The highest BCUT2D eigenvalue weighted by molar-refractivity contribution is 7.89. The van der Waals surface area contributed by atoms with Crippen LogP contribution in [0.25, 0.3) is 0 Å². The molecule has 0 spiro atoms. The number of nitrogens with one attached hydrogen (secondary N) is 1. The first-order valence-corrected chi connectivity index (χ1v) is 13.2. The van der Waals surface area contributed by atoms with Crippen molar-refractivity contribution in [3.8, 4) is 11.8 Å². The molecule has 1 amide bonds. The molecular weight excluding hydrogens is 541 g/mol. The quantitative estimate of drug-likeness (QED) is 0.520. The Balaban J connectivity index is 1.76. The molecule has 1 aliphatic rings. The summed E-state index contributed by atoms with van der Waals surface area (Å²) >= 11 is 0. The van der Waals surface area contributed by atoms with Crippen LogP contribution in [0.15, 0.2) is 35.6 Å². The zero-order valence-corrected chi connectivity index (χ0v) is 22.8. The second-order valence-electron chi connectivity index (χ2n) is 9.81. The van der Waals surface area contributed by atoms with Crippen molar-refractivity contribution < 1.29 is 36.2 Å². The summed E-state index contributed by atoms with van der Waals surface area (Å²) in [6.45, 7) is 7.30. The molecule has 0 aromatic carbocycles. The minimum Gasteiger partial charge on any atom is -0.444 e. The molecule has 0 radical (unpaired) electrons. The summed E-state index contributed by atoms with van der Waals surface area (Å²) in [5.74, 6) is 5.76. The summed E-state index contributed by atoms with van der Waals surface area (Å²) < 4.78 is 72.4. The third-order valence-corrected chi connectivity index (χ3v) is 7.52. The van der Waals surface area contributed by atoms with Gasteiger partial charge in [-0.15, -0.1) is 5.92 Å². The van der Waals surface area contributed by atoms with Crippen molar-refractivity contribution >= 4 is 27.9 Å². The molecule has 2 N–H and O–H groups in total. The van der Waals surface area contributed by atoms with E-state index in [9.17, 15) is 31.5 Å². The SMILES string of the molecule is CC#C[C@H]1CN(S(=O)(=O)c2ccc(NC(=O)OC(C)(C)C)nc2)CCN1c1ncc(C(C)(O)C(F)(F)F)cn1. The number of aromatic nitrogens is 3. The highest BCUT2D eigenvalue weighted by Gasteiger charge is 2.51. The van der Waals surface area contributed by atoms with E-state index >= 15 is 0 Å². The van der Waals surface area contributed by atoms with E-state index in [0.29, 0.717) is 6.92 Å². The smallest absolute Gasteiger partial charge is 0.421 e. The number of ether oxygens (including phenoxy) is 1. The van der Waals surface area contributed by atoms with Gasteiger partial charge in [0.2, 0.25) is 16.0 Å². The van der Waals surface area contributed by atoms with Crippen molar-refractivity contribution in [3.05, 3.63) is 36.3 Å². The fourth-order valence-electron chi connectivity index (χ4n) is 3.55. The first kappa shape index (κ1) is 30.1. The van der Waals surface area contributed by atoms with Crippen LogP contribution in [0.5, 0.6) is 0 Å². The normalized spacial score (nSPS) is 18.5. The zero-order chi connectivity index (χ0) is 29.2. The molecule has 2 atom stereocenters. The van der Waals surface area contributed by atoms with Gasteiger partial charge in [0.1, 0.15) is 22.4 Å². The summed E-state index contributed by atoms with van der Waals surface area (Å²) in [5, 5.41) is 12.3. The first-order valence-electron chi connectivity index (χ1n) is 11.7. The molecule has 1 aliphatic heterocycles. The van der Waals surface area contributed by atoms with Gasteiger partial charge in [-0.25, -0.2) is 28.2 Å². The Hall–Kier alpha value is -3.48. The van der Waals surface area contributed by atoms with Crippen LogP contribution in [0, 0.1) is 11.8 Å². The van der Waals surface area contributed by atoms with E-state index < -0.39 is 45.1 Å². The molecule has 1 unspecified atom stereocenters. The van der Waals surface area contributed by atoms with Gasteiger partial charge in [-0.3, -0.25) is 5.32 Å². The molecule has 11 nitrogen and oxygen atoms in total. The Bertz CT molecular complexity index is 1350. The maximum atomic E-state index is 13.3. The number of piperazine rings is 1. The Labute approximate surface area is 224 Å². The van der Waals surface area contributed by atoms with Crippen LogP contribution in [0.3, 0.4) is 0 Å². The van der Waals surface area contributed by atoms with Crippen LogP contribution in [0.1, 0.15) is 40.2 Å². The molecule has 39 heavy (non-hydrogen) atoms. The number of alkyl halides is 3. The number of rotatable bonds is 5. The molecule has 2 aromatic heterocycles. The molecule has 3 rings (SSSR count). The van der Waals surface area contributed by atoms with Crippen molar-refractivity contribution in [2.24, 2.45) is 0 Å². The average molecular weight is 571 g/mol. The Kier molecular flexibility index (Phi) is 8.44. The third kappa shape index (κ3) is 6.94. The number of sulfonamides is 1. The van der Waals surface area contributed by atoms with Crippen LogP contribution in [-0.4, -0.2) is 76.3 Å². The molecule has 0 aliphatic carbocycles. The van der Waals surface area contributed by atoms with Gasteiger partial charge in [-0.05, 0) is 46.8 Å². The van der Waals surface area contributed by atoms with Gasteiger partial charge in [0.05, 0.1) is 0 Å². The number of carbonyl (C=O) groups excluding carboxylic acids is 1. The molecular formula is C24H29F3N6O5S. The van der Waals surface area contributed by atoms with Crippen LogP contribution in [0.2, 0.25) is 0 Å². The highest BCUT2D eigenvalue weighted by atomic mass is 32.2. The number of hydrogen-bond acceptors (Lipinski definition) is 9. The molecule has 1 saturated heterocycles. The number of hydrogen-bond donors (Lipinski definition) is 2. The standard InChI is InChI=1S/C24H29F3N6O5S/c1-6-7-17-15-32(10-11-33(17)20-29-12-16(13-30-20)23(5,35)24(25,26)27)39(36,37)18-8-9-19(28-14-18)31-21(34)38-22(2,3)4/h8-9,12-14,17,35H,10-11,15H2,1-5H3,(H,28,31,34)/t17-,23?/m0/s1. The summed E-state index contributed by atoms with van der Waals surface area (Å²) in [6, 6.07) is 1.94. The number of anilines is 2. The van der Waals surface area contributed by atoms with Crippen LogP contribution in [-0.2, 0) is 20.4 Å². The Morgan fingerprint density at radius 3 is 2.26 bits per heavy atom. The van der Waals surface area contributed by atoms with E-state index in [2.05, 4.69) is 32.1 Å². The Morgan fingerprint density at radius 2 is 1.74 bits per heavy atom. The molecule has 2 aromatic rings. The molecule has 15 heteroatoms. The minimum absolute atomic E-state index is 0.00746. The molecule has 0 bridgehead atoms. The van der Waals surface area contributed by atoms with Gasteiger partial charge < -0.3 is 14.7 Å². The van der Waals surface area contributed by atoms with Crippen molar-refractivity contribution in [3.63, 3.8) is 0 Å². The number of carbonyl (C=O) groups is 1. The first-order chi connectivity index (χ1) is 18.0. The van der Waals surface area contributed by atoms with E-state index in [-0.39, 0.29) is 36.3 Å². The van der Waals surface area contributed by atoms with E-state index in [1.807, 2.05) is 0 Å². The van der Waals surface area contributed by atoms with Crippen molar-refractivity contribution in [1.29, 1.82) is 0 Å². The number of pyridine rings is 1. The number of halogens is 3. The molecule has 3 heterocycles. The lowest BCUT2D eigenvalue weighted by atomic mass is 9.99. The van der Waals surface area contributed by atoms with E-state index in [4.69, 9.17) is 4.74 Å². The lowest BCUT2D eigenvalue weighted by Crippen LogP contribution is -2.54. The van der Waals surface area contributed by atoms with Gasteiger partial charge in [0.25, 0.3) is 0 Å². The third-order valence-electron chi connectivity index (χ3n) is 5.67. The van der Waals surface area contributed by atoms with Gasteiger partial charge in [0, 0.05) is 43.8 Å². The van der Waals surface area contributed by atoms with Gasteiger partial charge in [-0.1, -0.05) is 5.92 Å². The zero-order valence-electron chi connectivity index (χ0n) is 21.9.